The zero-order valence-corrected chi connectivity index (χ0v) is 7.05. The molecule has 0 aliphatic rings. The van der Waals surface area contributed by atoms with E-state index in [4.69, 9.17) is 5.84 Å². The Morgan fingerprint density at radius 1 is 1.38 bits per heavy atom. The summed E-state index contributed by atoms with van der Waals surface area (Å²) in [7, 11) is 0. The second-order valence-corrected chi connectivity index (χ2v) is 2.56. The normalized spacial score (nSPS) is 10.2. The van der Waals surface area contributed by atoms with Crippen molar-refractivity contribution in [1.29, 1.82) is 0 Å². The summed E-state index contributed by atoms with van der Waals surface area (Å²) in [4.78, 5) is 0. The van der Waals surface area contributed by atoms with Crippen LogP contribution in [-0.2, 0) is 0 Å². The van der Waals surface area contributed by atoms with Crippen LogP contribution >= 0.6 is 0 Å². The molecule has 0 bridgehead atoms. The highest BCUT2D eigenvalue weighted by Crippen LogP contribution is 2.21. The summed E-state index contributed by atoms with van der Waals surface area (Å²) in [6.07, 6.45) is 0. The van der Waals surface area contributed by atoms with Gasteiger partial charge >= 0.3 is 6.61 Å². The van der Waals surface area contributed by atoms with Crippen LogP contribution in [0.4, 0.5) is 14.5 Å². The number of nitrogens with one attached hydrogen (secondary N) is 1. The molecule has 1 aromatic rings. The molecule has 0 amide bonds. The smallest absolute Gasteiger partial charge is 0.387 e. The van der Waals surface area contributed by atoms with Gasteiger partial charge in [0.05, 0.1) is 5.69 Å². The Bertz CT molecular complexity index is 291. The molecule has 5 heteroatoms. The van der Waals surface area contributed by atoms with E-state index in [2.05, 4.69) is 10.2 Å². The summed E-state index contributed by atoms with van der Waals surface area (Å²) in [6, 6.07) is 4.63. The van der Waals surface area contributed by atoms with E-state index < -0.39 is 6.61 Å². The zero-order valence-electron chi connectivity index (χ0n) is 7.05. The predicted molar refractivity (Wildman–Crippen MR) is 45.6 cm³/mol. The lowest BCUT2D eigenvalue weighted by atomic mass is 10.2. The largest absolute Gasteiger partial charge is 0.435 e. The van der Waals surface area contributed by atoms with Crippen LogP contribution in [0.25, 0.3) is 0 Å². The summed E-state index contributed by atoms with van der Waals surface area (Å²) >= 11 is 0. The maximum Gasteiger partial charge on any atom is 0.387 e. The van der Waals surface area contributed by atoms with Gasteiger partial charge in [-0.25, -0.2) is 0 Å². The van der Waals surface area contributed by atoms with E-state index in [-0.39, 0.29) is 5.75 Å². The third kappa shape index (κ3) is 2.87. The number of alkyl halides is 2. The Balaban J connectivity index is 2.88. The van der Waals surface area contributed by atoms with Crippen molar-refractivity contribution in [2.24, 2.45) is 5.84 Å². The Kier molecular flexibility index (Phi) is 3.02. The van der Waals surface area contributed by atoms with Gasteiger partial charge in [0.25, 0.3) is 0 Å². The maximum atomic E-state index is 11.8. The first kappa shape index (κ1) is 9.73. The van der Waals surface area contributed by atoms with Gasteiger partial charge in [-0.15, -0.1) is 0 Å². The van der Waals surface area contributed by atoms with E-state index in [0.29, 0.717) is 5.69 Å². The fourth-order valence-electron chi connectivity index (χ4n) is 1.00. The lowest BCUT2D eigenvalue weighted by Gasteiger charge is -2.07. The van der Waals surface area contributed by atoms with Gasteiger partial charge in [-0.2, -0.15) is 8.78 Å². The highest BCUT2D eigenvalue weighted by molar-refractivity contribution is 5.50. The number of hydrogen-bond donors (Lipinski definition) is 2. The molecule has 0 radical (unpaired) electrons. The number of rotatable bonds is 3. The third-order valence-electron chi connectivity index (χ3n) is 1.44. The fourth-order valence-corrected chi connectivity index (χ4v) is 1.00. The first-order valence-corrected chi connectivity index (χ1v) is 3.65. The molecular weight excluding hydrogens is 178 g/mol. The van der Waals surface area contributed by atoms with Crippen LogP contribution in [0.1, 0.15) is 5.56 Å². The maximum absolute atomic E-state index is 11.8. The summed E-state index contributed by atoms with van der Waals surface area (Å²) in [5, 5.41) is 0. The van der Waals surface area contributed by atoms with Crippen molar-refractivity contribution in [1.82, 2.24) is 0 Å². The van der Waals surface area contributed by atoms with Crippen LogP contribution in [0.3, 0.4) is 0 Å². The summed E-state index contributed by atoms with van der Waals surface area (Å²) < 4.78 is 27.8. The summed E-state index contributed by atoms with van der Waals surface area (Å²) in [5.41, 5.74) is 3.69. The summed E-state index contributed by atoms with van der Waals surface area (Å²) in [6.45, 7) is -1.05. The molecule has 0 aliphatic heterocycles. The molecular formula is C8H10F2N2O. The summed E-state index contributed by atoms with van der Waals surface area (Å²) in [5.74, 6) is 5.23. The molecule has 3 nitrogen and oxygen atoms in total. The van der Waals surface area contributed by atoms with Crippen LogP contribution in [-0.4, -0.2) is 6.61 Å². The number of halogens is 2. The van der Waals surface area contributed by atoms with Crippen LogP contribution in [0.2, 0.25) is 0 Å². The fraction of sp³-hybridized carbons (Fsp3) is 0.250. The monoisotopic (exact) mass is 188 g/mol. The van der Waals surface area contributed by atoms with Gasteiger partial charge in [0, 0.05) is 6.07 Å². The molecule has 1 aromatic carbocycles. The lowest BCUT2D eigenvalue weighted by molar-refractivity contribution is -0.0498. The molecule has 0 atom stereocenters. The quantitative estimate of drug-likeness (QED) is 0.562. The molecule has 1 rings (SSSR count). The van der Waals surface area contributed by atoms with Crippen molar-refractivity contribution in [3.05, 3.63) is 23.8 Å². The van der Waals surface area contributed by atoms with E-state index in [0.717, 1.165) is 5.56 Å². The average molecular weight is 188 g/mol. The van der Waals surface area contributed by atoms with E-state index in [1.807, 2.05) is 0 Å². The lowest BCUT2D eigenvalue weighted by Crippen LogP contribution is -2.08. The minimum Gasteiger partial charge on any atom is -0.435 e. The number of nitrogens with two attached hydrogens (primary N) is 1. The van der Waals surface area contributed by atoms with Crippen LogP contribution < -0.4 is 16.0 Å². The van der Waals surface area contributed by atoms with Gasteiger partial charge in [-0.3, -0.25) is 5.84 Å². The van der Waals surface area contributed by atoms with Gasteiger partial charge in [-0.1, -0.05) is 0 Å². The minimum absolute atomic E-state index is 0.1000. The van der Waals surface area contributed by atoms with Crippen molar-refractivity contribution in [3.63, 3.8) is 0 Å². The van der Waals surface area contributed by atoms with E-state index in [9.17, 15) is 8.78 Å². The Morgan fingerprint density at radius 3 is 2.62 bits per heavy atom. The number of hydrogen-bond acceptors (Lipinski definition) is 3. The Hall–Kier alpha value is -1.36. The predicted octanol–water partition coefficient (Wildman–Crippen LogP) is 1.88. The third-order valence-corrected chi connectivity index (χ3v) is 1.44. The molecule has 0 saturated heterocycles. The van der Waals surface area contributed by atoms with E-state index >= 15 is 0 Å². The Labute approximate surface area is 74.5 Å². The highest BCUT2D eigenvalue weighted by Gasteiger charge is 2.05. The molecule has 3 N–H and O–H groups in total. The number of ether oxygens (including phenoxy) is 1. The Morgan fingerprint density at radius 2 is 2.08 bits per heavy atom. The van der Waals surface area contributed by atoms with Crippen LogP contribution in [0.5, 0.6) is 5.75 Å². The standard InChI is InChI=1S/C8H10F2N2O/c1-5-2-6(12-11)4-7(3-5)13-8(9)10/h2-4,8,12H,11H2,1H3. The molecule has 0 unspecified atom stereocenters. The molecule has 0 fully saturated rings. The second kappa shape index (κ2) is 4.04. The number of aryl methyl sites for hydroxylation is 1. The molecule has 0 heterocycles. The molecule has 0 saturated carbocycles. The van der Waals surface area contributed by atoms with Crippen LogP contribution in [0, 0.1) is 6.92 Å². The van der Waals surface area contributed by atoms with Crippen molar-refractivity contribution in [2.75, 3.05) is 5.43 Å². The van der Waals surface area contributed by atoms with Gasteiger partial charge in [0.1, 0.15) is 5.75 Å². The first-order valence-electron chi connectivity index (χ1n) is 3.65. The van der Waals surface area contributed by atoms with Crippen molar-refractivity contribution < 1.29 is 13.5 Å². The minimum atomic E-state index is -2.81. The topological polar surface area (TPSA) is 47.3 Å². The van der Waals surface area contributed by atoms with Gasteiger partial charge < -0.3 is 10.2 Å². The number of nitrogen functional groups attached to an aromatic ring is 1. The zero-order chi connectivity index (χ0) is 9.84. The van der Waals surface area contributed by atoms with Crippen molar-refractivity contribution in [2.45, 2.75) is 13.5 Å². The van der Waals surface area contributed by atoms with Gasteiger partial charge in [0.15, 0.2) is 0 Å². The highest BCUT2D eigenvalue weighted by atomic mass is 19.3. The van der Waals surface area contributed by atoms with Gasteiger partial charge in [-0.05, 0) is 24.6 Å². The average Bonchev–Trinajstić information content (AvgIpc) is 2.01. The van der Waals surface area contributed by atoms with Crippen molar-refractivity contribution >= 4 is 5.69 Å². The van der Waals surface area contributed by atoms with E-state index in [1.54, 1.807) is 13.0 Å². The first-order chi connectivity index (χ1) is 6.11. The second-order valence-electron chi connectivity index (χ2n) is 2.56. The molecule has 0 aliphatic carbocycles. The molecule has 0 spiro atoms. The van der Waals surface area contributed by atoms with Crippen LogP contribution in [0.15, 0.2) is 18.2 Å². The van der Waals surface area contributed by atoms with E-state index in [1.165, 1.54) is 12.1 Å². The molecule has 0 aromatic heterocycles. The molecule has 72 valence electrons. The van der Waals surface area contributed by atoms with Gasteiger partial charge in [0.2, 0.25) is 0 Å². The number of hydrazine groups is 1. The number of anilines is 1. The SMILES string of the molecule is Cc1cc(NN)cc(OC(F)F)c1. The molecule has 13 heavy (non-hydrogen) atoms. The van der Waals surface area contributed by atoms with Crippen molar-refractivity contribution in [3.8, 4) is 5.75 Å². The number of benzene rings is 1.